The summed E-state index contributed by atoms with van der Waals surface area (Å²) in [5.41, 5.74) is 18.8. The maximum Gasteiger partial charge on any atom is 0.0714 e. The number of hydrogen-bond acceptors (Lipinski definition) is 1. The highest BCUT2D eigenvalue weighted by atomic mass is 15.1. The fourth-order valence-electron chi connectivity index (χ4n) is 11.3. The van der Waals surface area contributed by atoms with Gasteiger partial charge in [0.25, 0.3) is 0 Å². The highest BCUT2D eigenvalue weighted by molar-refractivity contribution is 6.11. The molecule has 0 unspecified atom stereocenters. The van der Waals surface area contributed by atoms with Crippen LogP contribution in [0.25, 0.3) is 71.6 Å². The number of rotatable bonds is 8. The first-order valence-electron chi connectivity index (χ1n) is 23.2. The summed E-state index contributed by atoms with van der Waals surface area (Å²) in [6.07, 6.45) is 0. The van der Waals surface area contributed by atoms with E-state index in [1.54, 1.807) is 0 Å². The van der Waals surface area contributed by atoms with Crippen LogP contribution in [0.5, 0.6) is 0 Å². The van der Waals surface area contributed by atoms with Crippen LogP contribution in [0.4, 0.5) is 17.1 Å². The van der Waals surface area contributed by atoms with Crippen LogP contribution < -0.4 is 4.90 Å². The van der Waals surface area contributed by atoms with Crippen LogP contribution in [0.1, 0.15) is 22.3 Å². The highest BCUT2D eigenvalue weighted by Gasteiger charge is 2.47. The standard InChI is InChI=1S/C65H44N2/c1-4-24-48(25-5-1)65(49-26-6-2-7-27-49)58-36-16-14-35-57(58)64-59(65)37-20-40-62(64)67-61-38-17-15-34-55(61)56-42-41-47(44-63(56)67)53-32-13-12-31-52(53)46-23-18-30-51(43-46)66(50-28-8-3-9-29-50)60-39-19-22-45-21-10-11-33-54(45)60/h1-44H. The lowest BCUT2D eigenvalue weighted by Gasteiger charge is -2.34. The monoisotopic (exact) mass is 852 g/mol. The van der Waals surface area contributed by atoms with E-state index >= 15 is 0 Å². The van der Waals surface area contributed by atoms with Crippen molar-refractivity contribution in [2.24, 2.45) is 0 Å². The SMILES string of the molecule is c1ccc(N(c2cccc(-c3ccccc3-c3ccc4c5ccccc5n(-c5cccc6c5-c5ccccc5C6(c5ccccc5)c5ccccc5)c4c3)c2)c2cccc3ccccc23)cc1. The third-order valence-electron chi connectivity index (χ3n) is 14.1. The number of para-hydroxylation sites is 2. The van der Waals surface area contributed by atoms with Gasteiger partial charge in [-0.25, -0.2) is 0 Å². The molecule has 0 radical (unpaired) electrons. The molecular formula is C65H44N2. The van der Waals surface area contributed by atoms with Gasteiger partial charge in [0.05, 0.1) is 27.8 Å². The Morgan fingerprint density at radius 1 is 0.328 bits per heavy atom. The third-order valence-corrected chi connectivity index (χ3v) is 14.1. The third kappa shape index (κ3) is 6.04. The average Bonchev–Trinajstić information content (AvgIpc) is 3.90. The number of fused-ring (bicyclic) bond motifs is 7. The van der Waals surface area contributed by atoms with Crippen molar-refractivity contribution in [3.63, 3.8) is 0 Å². The molecular weight excluding hydrogens is 809 g/mol. The zero-order chi connectivity index (χ0) is 44.3. The van der Waals surface area contributed by atoms with Crippen molar-refractivity contribution in [1.29, 1.82) is 0 Å². The minimum atomic E-state index is -0.494. The number of nitrogens with zero attached hydrogens (tertiary/aromatic N) is 2. The van der Waals surface area contributed by atoms with Crippen molar-refractivity contribution in [1.82, 2.24) is 4.57 Å². The van der Waals surface area contributed by atoms with Crippen LogP contribution in [-0.2, 0) is 5.41 Å². The van der Waals surface area contributed by atoms with Gasteiger partial charge < -0.3 is 9.47 Å². The minimum absolute atomic E-state index is 0.494. The molecule has 11 aromatic carbocycles. The number of aromatic nitrogens is 1. The van der Waals surface area contributed by atoms with Crippen molar-refractivity contribution >= 4 is 49.6 Å². The summed E-state index contributed by atoms with van der Waals surface area (Å²) < 4.78 is 2.53. The van der Waals surface area contributed by atoms with Crippen LogP contribution in [0, 0.1) is 0 Å². The number of benzene rings is 11. The van der Waals surface area contributed by atoms with E-state index in [0.29, 0.717) is 0 Å². The fourth-order valence-corrected chi connectivity index (χ4v) is 11.3. The maximum absolute atomic E-state index is 2.53. The summed E-state index contributed by atoms with van der Waals surface area (Å²) >= 11 is 0. The van der Waals surface area contributed by atoms with Crippen LogP contribution in [0.3, 0.4) is 0 Å². The zero-order valence-corrected chi connectivity index (χ0v) is 36.8. The van der Waals surface area contributed by atoms with Gasteiger partial charge in [-0.05, 0) is 104 Å². The molecule has 0 spiro atoms. The molecule has 0 bridgehead atoms. The molecule has 13 rings (SSSR count). The minimum Gasteiger partial charge on any atom is -0.310 e. The van der Waals surface area contributed by atoms with E-state index in [1.165, 1.54) is 88.3 Å². The second kappa shape index (κ2) is 15.8. The topological polar surface area (TPSA) is 8.17 Å². The van der Waals surface area contributed by atoms with Gasteiger partial charge in [0, 0.05) is 33.1 Å². The maximum atomic E-state index is 2.53. The van der Waals surface area contributed by atoms with Gasteiger partial charge in [-0.1, -0.05) is 218 Å². The Bertz CT molecular complexity index is 3770. The van der Waals surface area contributed by atoms with Gasteiger partial charge in [-0.3, -0.25) is 0 Å². The molecule has 0 aliphatic heterocycles. The molecule has 314 valence electrons. The van der Waals surface area contributed by atoms with Crippen molar-refractivity contribution in [2.75, 3.05) is 4.90 Å². The Hall–Kier alpha value is -8.72. The molecule has 0 saturated heterocycles. The van der Waals surface area contributed by atoms with E-state index in [0.717, 1.165) is 22.6 Å². The van der Waals surface area contributed by atoms with Crippen LogP contribution in [-0.4, -0.2) is 4.57 Å². The molecule has 1 heterocycles. The molecule has 2 heteroatoms. The number of hydrogen-bond donors (Lipinski definition) is 0. The first-order valence-corrected chi connectivity index (χ1v) is 23.2. The summed E-state index contributed by atoms with van der Waals surface area (Å²) in [4.78, 5) is 2.39. The summed E-state index contributed by atoms with van der Waals surface area (Å²) in [5, 5.41) is 4.89. The molecule has 0 atom stereocenters. The summed E-state index contributed by atoms with van der Waals surface area (Å²) in [7, 11) is 0. The molecule has 2 nitrogen and oxygen atoms in total. The summed E-state index contributed by atoms with van der Waals surface area (Å²) in [6.45, 7) is 0. The van der Waals surface area contributed by atoms with Crippen LogP contribution in [0.15, 0.2) is 267 Å². The predicted molar refractivity (Wildman–Crippen MR) is 281 cm³/mol. The molecule has 0 N–H and O–H groups in total. The second-order valence-electron chi connectivity index (χ2n) is 17.6. The predicted octanol–water partition coefficient (Wildman–Crippen LogP) is 17.1. The van der Waals surface area contributed by atoms with Crippen molar-refractivity contribution < 1.29 is 0 Å². The van der Waals surface area contributed by atoms with E-state index < -0.39 is 5.41 Å². The summed E-state index contributed by atoms with van der Waals surface area (Å²) in [5.74, 6) is 0. The Morgan fingerprint density at radius 2 is 0.866 bits per heavy atom. The van der Waals surface area contributed by atoms with E-state index in [2.05, 4.69) is 276 Å². The van der Waals surface area contributed by atoms with Gasteiger partial charge in [0.2, 0.25) is 0 Å². The van der Waals surface area contributed by atoms with Crippen LogP contribution in [0.2, 0.25) is 0 Å². The largest absolute Gasteiger partial charge is 0.310 e. The molecule has 1 aromatic heterocycles. The van der Waals surface area contributed by atoms with E-state index in [4.69, 9.17) is 0 Å². The number of anilines is 3. The van der Waals surface area contributed by atoms with E-state index in [-0.39, 0.29) is 0 Å². The Labute approximate surface area is 390 Å². The molecule has 1 aliphatic rings. The smallest absolute Gasteiger partial charge is 0.0714 e. The fraction of sp³-hybridized carbons (Fsp3) is 0.0154. The first kappa shape index (κ1) is 38.7. The Balaban J connectivity index is 1.01. The summed E-state index contributed by atoms with van der Waals surface area (Å²) in [6, 6.07) is 98.0. The average molecular weight is 853 g/mol. The van der Waals surface area contributed by atoms with Gasteiger partial charge in [-0.15, -0.1) is 0 Å². The Morgan fingerprint density at radius 3 is 1.63 bits per heavy atom. The second-order valence-corrected chi connectivity index (χ2v) is 17.6. The van der Waals surface area contributed by atoms with E-state index in [1.807, 2.05) is 0 Å². The van der Waals surface area contributed by atoms with Crippen molar-refractivity contribution in [3.05, 3.63) is 289 Å². The van der Waals surface area contributed by atoms with Crippen molar-refractivity contribution in [3.8, 4) is 39.1 Å². The lowest BCUT2D eigenvalue weighted by molar-refractivity contribution is 0.768. The molecule has 0 fully saturated rings. The van der Waals surface area contributed by atoms with Gasteiger partial charge >= 0.3 is 0 Å². The van der Waals surface area contributed by atoms with Gasteiger partial charge in [-0.2, -0.15) is 0 Å². The Kier molecular flexibility index (Phi) is 9.11. The molecule has 67 heavy (non-hydrogen) atoms. The zero-order valence-electron chi connectivity index (χ0n) is 36.8. The quantitative estimate of drug-likeness (QED) is 0.148. The van der Waals surface area contributed by atoms with Crippen molar-refractivity contribution in [2.45, 2.75) is 5.41 Å². The van der Waals surface area contributed by atoms with Gasteiger partial charge in [0.1, 0.15) is 0 Å². The van der Waals surface area contributed by atoms with E-state index in [9.17, 15) is 0 Å². The molecule has 12 aromatic rings. The molecule has 0 amide bonds. The van der Waals surface area contributed by atoms with Crippen LogP contribution >= 0.6 is 0 Å². The first-order chi connectivity index (χ1) is 33.3. The van der Waals surface area contributed by atoms with Gasteiger partial charge in [0.15, 0.2) is 0 Å². The lowest BCUT2D eigenvalue weighted by atomic mass is 9.68. The lowest BCUT2D eigenvalue weighted by Crippen LogP contribution is -2.28. The highest BCUT2D eigenvalue weighted by Crippen LogP contribution is 2.58. The molecule has 0 saturated carbocycles. The molecule has 1 aliphatic carbocycles. The normalized spacial score (nSPS) is 12.6.